The first-order valence-corrected chi connectivity index (χ1v) is 6.09. The van der Waals surface area contributed by atoms with Gasteiger partial charge in [0.05, 0.1) is 12.6 Å². The molecular formula is C12H16BrNO. The summed E-state index contributed by atoms with van der Waals surface area (Å²) in [6, 6.07) is 2.11. The van der Waals surface area contributed by atoms with Crippen molar-refractivity contribution in [2.24, 2.45) is 0 Å². The smallest absolute Gasteiger partial charge is 0.0807 e. The largest absolute Gasteiger partial charge is 0.388 e. The number of aliphatic hydroxyl groups is 1. The number of aromatic nitrogens is 1. The molecule has 82 valence electrons. The summed E-state index contributed by atoms with van der Waals surface area (Å²) < 4.78 is 3.22. The summed E-state index contributed by atoms with van der Waals surface area (Å²) in [6.07, 6.45) is 2.77. The molecule has 1 aliphatic carbocycles. The van der Waals surface area contributed by atoms with Crippen LogP contribution in [0.25, 0.3) is 0 Å². The molecular weight excluding hydrogens is 254 g/mol. The quantitative estimate of drug-likeness (QED) is 0.877. The Labute approximate surface area is 98.7 Å². The average molecular weight is 270 g/mol. The molecule has 1 aromatic heterocycles. The van der Waals surface area contributed by atoms with Gasteiger partial charge in [0.25, 0.3) is 0 Å². The Morgan fingerprint density at radius 1 is 1.73 bits per heavy atom. The number of hydrogen-bond donors (Lipinski definition) is 1. The number of rotatable bonds is 2. The molecule has 0 aromatic carbocycles. The predicted octanol–water partition coefficient (Wildman–Crippen LogP) is 3.07. The summed E-state index contributed by atoms with van der Waals surface area (Å²) in [5.41, 5.74) is 3.61. The van der Waals surface area contributed by atoms with Gasteiger partial charge in [-0.3, -0.25) is 0 Å². The summed E-state index contributed by atoms with van der Waals surface area (Å²) in [5, 5.41) is 9.89. The lowest BCUT2D eigenvalue weighted by atomic mass is 9.95. The zero-order valence-corrected chi connectivity index (χ0v) is 10.5. The Hall–Kier alpha value is -0.540. The number of aliphatic hydroxyl groups excluding tert-OH is 1. The van der Waals surface area contributed by atoms with Gasteiger partial charge in [0.2, 0.25) is 0 Å². The fraction of sp³-hybridized carbons (Fsp3) is 0.500. The van der Waals surface area contributed by atoms with Gasteiger partial charge in [-0.2, -0.15) is 0 Å². The second kappa shape index (κ2) is 4.14. The standard InChI is InChI=1S/C12H16BrNO/c1-8(13)7-14-9(2)6-10-11(14)4-3-5-12(10)15/h6,12,15H,1,3-5,7H2,2H3. The minimum Gasteiger partial charge on any atom is -0.388 e. The van der Waals surface area contributed by atoms with Crippen LogP contribution in [0.1, 0.15) is 35.9 Å². The number of nitrogens with zero attached hydrogens (tertiary/aromatic N) is 1. The molecule has 0 saturated carbocycles. The molecule has 1 aliphatic rings. The molecule has 1 atom stereocenters. The highest BCUT2D eigenvalue weighted by Gasteiger charge is 2.22. The van der Waals surface area contributed by atoms with Gasteiger partial charge in [0.15, 0.2) is 0 Å². The van der Waals surface area contributed by atoms with Gasteiger partial charge in [-0.25, -0.2) is 0 Å². The van der Waals surface area contributed by atoms with Crippen LogP contribution in [0, 0.1) is 6.92 Å². The lowest BCUT2D eigenvalue weighted by molar-refractivity contribution is 0.156. The van der Waals surface area contributed by atoms with Crippen LogP contribution in [0.15, 0.2) is 17.1 Å². The van der Waals surface area contributed by atoms with E-state index in [-0.39, 0.29) is 6.10 Å². The van der Waals surface area contributed by atoms with Crippen LogP contribution in [0.3, 0.4) is 0 Å². The van der Waals surface area contributed by atoms with Crippen molar-refractivity contribution in [1.29, 1.82) is 0 Å². The van der Waals surface area contributed by atoms with Gasteiger partial charge in [0.1, 0.15) is 0 Å². The molecule has 1 N–H and O–H groups in total. The highest BCUT2D eigenvalue weighted by atomic mass is 79.9. The molecule has 0 aliphatic heterocycles. The number of allylic oxidation sites excluding steroid dienone is 1. The third kappa shape index (κ3) is 2.04. The third-order valence-corrected chi connectivity index (χ3v) is 3.28. The number of hydrogen-bond acceptors (Lipinski definition) is 1. The van der Waals surface area contributed by atoms with E-state index in [0.717, 1.165) is 35.9 Å². The highest BCUT2D eigenvalue weighted by Crippen LogP contribution is 2.32. The van der Waals surface area contributed by atoms with Crippen LogP contribution in [-0.2, 0) is 13.0 Å². The van der Waals surface area contributed by atoms with Crippen molar-refractivity contribution >= 4 is 15.9 Å². The molecule has 3 heteroatoms. The van der Waals surface area contributed by atoms with Crippen molar-refractivity contribution in [2.75, 3.05) is 0 Å². The zero-order valence-electron chi connectivity index (χ0n) is 8.96. The fourth-order valence-electron chi connectivity index (χ4n) is 2.33. The van der Waals surface area contributed by atoms with Crippen LogP contribution in [0.5, 0.6) is 0 Å². The first-order valence-electron chi connectivity index (χ1n) is 5.30. The van der Waals surface area contributed by atoms with E-state index in [2.05, 4.69) is 40.1 Å². The molecule has 0 radical (unpaired) electrons. The average Bonchev–Trinajstić information content (AvgIpc) is 2.45. The Kier molecular flexibility index (Phi) is 3.03. The molecule has 0 saturated heterocycles. The second-order valence-electron chi connectivity index (χ2n) is 4.20. The molecule has 2 rings (SSSR count). The molecule has 0 bridgehead atoms. The van der Waals surface area contributed by atoms with Gasteiger partial charge >= 0.3 is 0 Å². The third-order valence-electron chi connectivity index (χ3n) is 3.03. The van der Waals surface area contributed by atoms with E-state index in [4.69, 9.17) is 0 Å². The van der Waals surface area contributed by atoms with Gasteiger partial charge in [-0.15, -0.1) is 0 Å². The SMILES string of the molecule is C=C(Br)Cn1c(C)cc2c1CCCC2O. The molecule has 0 amide bonds. The molecule has 0 spiro atoms. The van der Waals surface area contributed by atoms with Gasteiger partial charge < -0.3 is 9.67 Å². The topological polar surface area (TPSA) is 25.2 Å². The lowest BCUT2D eigenvalue weighted by Crippen LogP contribution is -2.12. The fourth-order valence-corrected chi connectivity index (χ4v) is 2.58. The van der Waals surface area contributed by atoms with Crippen LogP contribution >= 0.6 is 15.9 Å². The number of aryl methyl sites for hydroxylation is 1. The first-order chi connectivity index (χ1) is 7.09. The van der Waals surface area contributed by atoms with Crippen molar-refractivity contribution < 1.29 is 5.11 Å². The van der Waals surface area contributed by atoms with Gasteiger partial charge in [-0.1, -0.05) is 22.5 Å². The van der Waals surface area contributed by atoms with Crippen molar-refractivity contribution in [3.8, 4) is 0 Å². The van der Waals surface area contributed by atoms with Crippen molar-refractivity contribution in [3.05, 3.63) is 34.1 Å². The Morgan fingerprint density at radius 3 is 3.13 bits per heavy atom. The van der Waals surface area contributed by atoms with Crippen molar-refractivity contribution in [3.63, 3.8) is 0 Å². The Bertz CT molecular complexity index is 395. The first kappa shape index (κ1) is 11.0. The predicted molar refractivity (Wildman–Crippen MR) is 65.1 cm³/mol. The molecule has 15 heavy (non-hydrogen) atoms. The maximum atomic E-state index is 9.89. The molecule has 2 nitrogen and oxygen atoms in total. The Balaban J connectivity index is 2.42. The van der Waals surface area contributed by atoms with E-state index in [1.165, 1.54) is 11.4 Å². The maximum Gasteiger partial charge on any atom is 0.0807 e. The van der Waals surface area contributed by atoms with Crippen LogP contribution in [0.4, 0.5) is 0 Å². The molecule has 1 unspecified atom stereocenters. The van der Waals surface area contributed by atoms with Gasteiger partial charge in [0, 0.05) is 21.4 Å². The lowest BCUT2D eigenvalue weighted by Gasteiger charge is -2.20. The molecule has 0 fully saturated rings. The van der Waals surface area contributed by atoms with Crippen molar-refractivity contribution in [2.45, 2.75) is 38.8 Å². The highest BCUT2D eigenvalue weighted by molar-refractivity contribution is 9.11. The molecule has 1 aromatic rings. The van der Waals surface area contributed by atoms with E-state index < -0.39 is 0 Å². The molecule has 1 heterocycles. The van der Waals surface area contributed by atoms with E-state index in [9.17, 15) is 5.11 Å². The number of halogens is 1. The summed E-state index contributed by atoms with van der Waals surface area (Å²) in [7, 11) is 0. The minimum atomic E-state index is -0.266. The Morgan fingerprint density at radius 2 is 2.47 bits per heavy atom. The summed E-state index contributed by atoms with van der Waals surface area (Å²) in [4.78, 5) is 0. The zero-order chi connectivity index (χ0) is 11.0. The second-order valence-corrected chi connectivity index (χ2v) is 5.32. The summed E-state index contributed by atoms with van der Waals surface area (Å²) in [6.45, 7) is 6.76. The monoisotopic (exact) mass is 269 g/mol. The van der Waals surface area contributed by atoms with Gasteiger partial charge in [-0.05, 0) is 32.3 Å². The summed E-state index contributed by atoms with van der Waals surface area (Å²) >= 11 is 3.40. The normalized spacial score (nSPS) is 20.1. The van der Waals surface area contributed by atoms with Crippen LogP contribution in [0.2, 0.25) is 0 Å². The van der Waals surface area contributed by atoms with Crippen molar-refractivity contribution in [1.82, 2.24) is 4.57 Å². The number of fused-ring (bicyclic) bond motifs is 1. The van der Waals surface area contributed by atoms with E-state index >= 15 is 0 Å². The van der Waals surface area contributed by atoms with E-state index in [1.54, 1.807) is 0 Å². The minimum absolute atomic E-state index is 0.266. The van der Waals surface area contributed by atoms with E-state index in [0.29, 0.717) is 0 Å². The maximum absolute atomic E-state index is 9.89. The van der Waals surface area contributed by atoms with Crippen LogP contribution < -0.4 is 0 Å². The van der Waals surface area contributed by atoms with Crippen LogP contribution in [-0.4, -0.2) is 9.67 Å². The summed E-state index contributed by atoms with van der Waals surface area (Å²) in [5.74, 6) is 0. The van der Waals surface area contributed by atoms with E-state index in [1.807, 2.05) is 0 Å².